The fourth-order valence-electron chi connectivity index (χ4n) is 5.02. The van der Waals surface area contributed by atoms with Gasteiger partial charge in [0.05, 0.1) is 6.04 Å². The third-order valence-corrected chi connectivity index (χ3v) is 6.63. The van der Waals surface area contributed by atoms with Gasteiger partial charge in [0.2, 0.25) is 5.91 Å². The number of hydrogen-bond donors (Lipinski definition) is 0. The van der Waals surface area contributed by atoms with Crippen molar-refractivity contribution in [1.82, 2.24) is 19.4 Å². The van der Waals surface area contributed by atoms with Crippen LogP contribution in [0.25, 0.3) is 11.2 Å². The summed E-state index contributed by atoms with van der Waals surface area (Å²) < 4.78 is 2.25. The zero-order valence-corrected chi connectivity index (χ0v) is 18.8. The van der Waals surface area contributed by atoms with Gasteiger partial charge in [-0.1, -0.05) is 13.0 Å². The first kappa shape index (κ1) is 20.7. The van der Waals surface area contributed by atoms with Gasteiger partial charge in [0.1, 0.15) is 11.3 Å². The lowest BCUT2D eigenvalue weighted by Crippen LogP contribution is -2.30. The SMILES string of the molecule is CCCc1nc2cccnc2n1[C@H]1CCN(C(=O)c2ccc(C)c(N3CCCC3=O)c2)C1. The number of imidazole rings is 1. The average Bonchev–Trinajstić information content (AvgIpc) is 3.52. The second kappa shape index (κ2) is 8.37. The van der Waals surface area contributed by atoms with Gasteiger partial charge >= 0.3 is 0 Å². The minimum absolute atomic E-state index is 0.0230. The van der Waals surface area contributed by atoms with Crippen LogP contribution in [0.15, 0.2) is 36.5 Å². The Labute approximate surface area is 188 Å². The smallest absolute Gasteiger partial charge is 0.254 e. The fourth-order valence-corrected chi connectivity index (χ4v) is 5.02. The highest BCUT2D eigenvalue weighted by Gasteiger charge is 2.31. The molecule has 2 amide bonds. The molecule has 166 valence electrons. The largest absolute Gasteiger partial charge is 0.336 e. The molecule has 4 heterocycles. The lowest BCUT2D eigenvalue weighted by molar-refractivity contribution is -0.117. The number of pyridine rings is 1. The first-order chi connectivity index (χ1) is 15.6. The minimum atomic E-state index is 0.0230. The van der Waals surface area contributed by atoms with Gasteiger partial charge in [-0.25, -0.2) is 9.97 Å². The number of aromatic nitrogens is 3. The van der Waals surface area contributed by atoms with Crippen LogP contribution in [0.2, 0.25) is 0 Å². The number of likely N-dealkylation sites (tertiary alicyclic amines) is 1. The Morgan fingerprint density at radius 3 is 2.88 bits per heavy atom. The van der Waals surface area contributed by atoms with E-state index in [1.54, 1.807) is 0 Å². The summed E-state index contributed by atoms with van der Waals surface area (Å²) >= 11 is 0. The maximum atomic E-state index is 13.4. The van der Waals surface area contributed by atoms with E-state index in [4.69, 9.17) is 4.98 Å². The Morgan fingerprint density at radius 2 is 2.09 bits per heavy atom. The molecule has 0 bridgehead atoms. The van der Waals surface area contributed by atoms with Crippen molar-refractivity contribution >= 4 is 28.7 Å². The summed E-state index contributed by atoms with van der Waals surface area (Å²) in [6.07, 6.45) is 6.05. The summed E-state index contributed by atoms with van der Waals surface area (Å²) in [7, 11) is 0. The van der Waals surface area contributed by atoms with E-state index in [2.05, 4.69) is 16.5 Å². The van der Waals surface area contributed by atoms with Crippen LogP contribution in [0.1, 0.15) is 60.4 Å². The molecule has 0 unspecified atom stereocenters. The number of rotatable bonds is 5. The van der Waals surface area contributed by atoms with Gasteiger partial charge < -0.3 is 14.4 Å². The Kier molecular flexibility index (Phi) is 5.41. The molecule has 2 saturated heterocycles. The highest BCUT2D eigenvalue weighted by atomic mass is 16.2. The molecular formula is C25H29N5O2. The fraction of sp³-hybridized carbons (Fsp3) is 0.440. The third-order valence-electron chi connectivity index (χ3n) is 6.63. The molecule has 7 heteroatoms. The molecule has 2 fully saturated rings. The summed E-state index contributed by atoms with van der Waals surface area (Å²) in [6.45, 7) is 6.22. The molecule has 5 rings (SSSR count). The third kappa shape index (κ3) is 3.55. The second-order valence-electron chi connectivity index (χ2n) is 8.84. The van der Waals surface area contributed by atoms with Crippen LogP contribution in [0.4, 0.5) is 5.69 Å². The molecule has 0 spiro atoms. The zero-order valence-electron chi connectivity index (χ0n) is 18.8. The summed E-state index contributed by atoms with van der Waals surface area (Å²) in [6, 6.07) is 9.82. The molecule has 0 N–H and O–H groups in total. The van der Waals surface area contributed by atoms with Crippen LogP contribution < -0.4 is 4.90 Å². The topological polar surface area (TPSA) is 71.3 Å². The number of carbonyl (C=O) groups excluding carboxylic acids is 2. The van der Waals surface area contributed by atoms with Crippen LogP contribution in [0.5, 0.6) is 0 Å². The van der Waals surface area contributed by atoms with Crippen molar-refractivity contribution < 1.29 is 9.59 Å². The Bertz CT molecular complexity index is 1180. The number of hydrogen-bond acceptors (Lipinski definition) is 4. The Balaban J connectivity index is 1.40. The molecule has 0 radical (unpaired) electrons. The minimum Gasteiger partial charge on any atom is -0.336 e. The molecule has 2 aliphatic heterocycles. The summed E-state index contributed by atoms with van der Waals surface area (Å²) in [5.41, 5.74) is 4.35. The van der Waals surface area contributed by atoms with Gasteiger partial charge in [-0.3, -0.25) is 9.59 Å². The molecule has 7 nitrogen and oxygen atoms in total. The summed E-state index contributed by atoms with van der Waals surface area (Å²) in [5.74, 6) is 1.21. The van der Waals surface area contributed by atoms with Crippen LogP contribution in [-0.2, 0) is 11.2 Å². The number of aryl methyl sites for hydroxylation is 2. The van der Waals surface area contributed by atoms with E-state index in [9.17, 15) is 9.59 Å². The van der Waals surface area contributed by atoms with Gasteiger partial charge in [0, 0.05) is 49.9 Å². The van der Waals surface area contributed by atoms with E-state index >= 15 is 0 Å². The van der Waals surface area contributed by atoms with Crippen molar-refractivity contribution in [2.45, 2.75) is 52.0 Å². The van der Waals surface area contributed by atoms with Crippen LogP contribution in [-0.4, -0.2) is 50.9 Å². The molecule has 0 aliphatic carbocycles. The summed E-state index contributed by atoms with van der Waals surface area (Å²) in [4.78, 5) is 38.8. The first-order valence-corrected chi connectivity index (χ1v) is 11.6. The molecule has 0 saturated carbocycles. The molecule has 32 heavy (non-hydrogen) atoms. The van der Waals surface area contributed by atoms with Crippen LogP contribution >= 0.6 is 0 Å². The maximum Gasteiger partial charge on any atom is 0.254 e. The lowest BCUT2D eigenvalue weighted by atomic mass is 10.1. The van der Waals surface area contributed by atoms with Gasteiger partial charge in [-0.2, -0.15) is 0 Å². The van der Waals surface area contributed by atoms with Crippen molar-refractivity contribution in [2.75, 3.05) is 24.5 Å². The molecule has 3 aromatic rings. The van der Waals surface area contributed by atoms with Gasteiger partial charge in [0.25, 0.3) is 5.91 Å². The normalized spacial score (nSPS) is 18.8. The number of benzene rings is 1. The van der Waals surface area contributed by atoms with Crippen molar-refractivity contribution in [1.29, 1.82) is 0 Å². The highest BCUT2D eigenvalue weighted by molar-refractivity contribution is 5.99. The van der Waals surface area contributed by atoms with E-state index in [0.29, 0.717) is 25.1 Å². The molecule has 2 aliphatic rings. The zero-order chi connectivity index (χ0) is 22.2. The quantitative estimate of drug-likeness (QED) is 0.614. The number of fused-ring (bicyclic) bond motifs is 1. The van der Waals surface area contributed by atoms with E-state index in [1.165, 1.54) is 0 Å². The van der Waals surface area contributed by atoms with E-state index in [1.807, 2.05) is 53.3 Å². The number of anilines is 1. The van der Waals surface area contributed by atoms with E-state index in [0.717, 1.165) is 60.5 Å². The summed E-state index contributed by atoms with van der Waals surface area (Å²) in [5, 5.41) is 0. The monoisotopic (exact) mass is 431 g/mol. The second-order valence-corrected chi connectivity index (χ2v) is 8.84. The van der Waals surface area contributed by atoms with Gasteiger partial charge in [-0.15, -0.1) is 0 Å². The van der Waals surface area contributed by atoms with E-state index < -0.39 is 0 Å². The predicted octanol–water partition coefficient (Wildman–Crippen LogP) is 3.91. The van der Waals surface area contributed by atoms with Crippen LogP contribution in [0, 0.1) is 6.92 Å². The van der Waals surface area contributed by atoms with Crippen molar-refractivity contribution in [2.24, 2.45) is 0 Å². The maximum absolute atomic E-state index is 13.4. The number of nitrogens with zero attached hydrogens (tertiary/aromatic N) is 5. The van der Waals surface area contributed by atoms with Crippen molar-refractivity contribution in [3.63, 3.8) is 0 Å². The lowest BCUT2D eigenvalue weighted by Gasteiger charge is -2.22. The van der Waals surface area contributed by atoms with Crippen molar-refractivity contribution in [3.05, 3.63) is 53.5 Å². The molecule has 1 aromatic carbocycles. The molecule has 2 aromatic heterocycles. The van der Waals surface area contributed by atoms with Crippen molar-refractivity contribution in [3.8, 4) is 0 Å². The Hall–Kier alpha value is -3.22. The molecule has 1 atom stereocenters. The number of amides is 2. The first-order valence-electron chi connectivity index (χ1n) is 11.6. The van der Waals surface area contributed by atoms with Gasteiger partial charge in [-0.05, 0) is 56.0 Å². The standard InChI is InChI=1S/C25H29N5O2/c1-3-6-22-27-20-7-4-12-26-24(20)30(22)19-11-14-28(16-19)25(32)18-10-9-17(2)21(15-18)29-13-5-8-23(29)31/h4,7,9-10,12,15,19H,3,5-6,8,11,13-14,16H2,1-2H3/t19-/m0/s1. The Morgan fingerprint density at radius 1 is 1.22 bits per heavy atom. The predicted molar refractivity (Wildman–Crippen MR) is 124 cm³/mol. The van der Waals surface area contributed by atoms with Crippen LogP contribution in [0.3, 0.4) is 0 Å². The number of carbonyl (C=O) groups is 2. The average molecular weight is 432 g/mol. The molecular weight excluding hydrogens is 402 g/mol. The van der Waals surface area contributed by atoms with E-state index in [-0.39, 0.29) is 17.9 Å². The highest BCUT2D eigenvalue weighted by Crippen LogP contribution is 2.31. The van der Waals surface area contributed by atoms with Gasteiger partial charge in [0.15, 0.2) is 5.65 Å².